The molecule has 1 amide bonds. The predicted molar refractivity (Wildman–Crippen MR) is 103 cm³/mol. The summed E-state index contributed by atoms with van der Waals surface area (Å²) >= 11 is 1.37. The van der Waals surface area contributed by atoms with Crippen molar-refractivity contribution >= 4 is 23.4 Å². The van der Waals surface area contributed by atoms with E-state index in [-0.39, 0.29) is 11.2 Å². The Morgan fingerprint density at radius 1 is 1.24 bits per heavy atom. The van der Waals surface area contributed by atoms with E-state index in [4.69, 9.17) is 0 Å². The third kappa shape index (κ3) is 5.61. The van der Waals surface area contributed by atoms with E-state index < -0.39 is 0 Å². The number of carbonyl (C=O) groups is 1. The molecule has 1 unspecified atom stereocenters. The van der Waals surface area contributed by atoms with Crippen molar-refractivity contribution in [1.82, 2.24) is 4.98 Å². The van der Waals surface area contributed by atoms with Crippen LogP contribution in [0.5, 0.6) is 0 Å². The molecule has 25 heavy (non-hydrogen) atoms. The molecule has 0 aliphatic carbocycles. The van der Waals surface area contributed by atoms with Gasteiger partial charge in [-0.25, -0.2) is 4.98 Å². The Balaban J connectivity index is 2.14. The lowest BCUT2D eigenvalue weighted by atomic mass is 10.2. The Morgan fingerprint density at radius 3 is 2.64 bits per heavy atom. The van der Waals surface area contributed by atoms with E-state index in [0.29, 0.717) is 17.0 Å². The van der Waals surface area contributed by atoms with Crippen molar-refractivity contribution in [3.05, 3.63) is 53.7 Å². The number of anilines is 1. The molecule has 0 spiro atoms. The van der Waals surface area contributed by atoms with Crippen LogP contribution in [0.3, 0.4) is 0 Å². The van der Waals surface area contributed by atoms with Crippen molar-refractivity contribution in [3.8, 4) is 6.07 Å². The van der Waals surface area contributed by atoms with Crippen LogP contribution >= 0.6 is 11.8 Å². The Labute approximate surface area is 153 Å². The number of benzene rings is 1. The lowest BCUT2D eigenvalue weighted by molar-refractivity contribution is -0.115. The number of thioether (sulfide) groups is 1. The molecule has 1 aromatic carbocycles. The minimum absolute atomic E-state index is 0.0663. The number of hydrogen-bond donors (Lipinski definition) is 1. The van der Waals surface area contributed by atoms with E-state index in [1.54, 1.807) is 0 Å². The minimum atomic E-state index is -0.291. The molecule has 2 aromatic rings. The van der Waals surface area contributed by atoms with Crippen molar-refractivity contribution in [3.63, 3.8) is 0 Å². The van der Waals surface area contributed by atoms with Gasteiger partial charge in [-0.3, -0.25) is 4.79 Å². The van der Waals surface area contributed by atoms with Gasteiger partial charge in [0.25, 0.3) is 0 Å². The highest BCUT2D eigenvalue weighted by atomic mass is 32.2. The number of amides is 1. The zero-order valence-corrected chi connectivity index (χ0v) is 15.5. The Kier molecular flexibility index (Phi) is 7.49. The van der Waals surface area contributed by atoms with Gasteiger partial charge in [0, 0.05) is 11.4 Å². The van der Waals surface area contributed by atoms with Gasteiger partial charge in [0.05, 0.1) is 10.8 Å². The third-order valence-electron chi connectivity index (χ3n) is 3.78. The van der Waals surface area contributed by atoms with Gasteiger partial charge in [-0.2, -0.15) is 5.26 Å². The SMILES string of the molecule is CCCCc1ccc(C#N)c(SC(CC)C(=O)Nc2ccccc2)n1. The summed E-state index contributed by atoms with van der Waals surface area (Å²) < 4.78 is 0. The molecule has 0 saturated heterocycles. The number of rotatable bonds is 8. The molecule has 0 aliphatic rings. The van der Waals surface area contributed by atoms with Crippen LogP contribution in [0.2, 0.25) is 0 Å². The van der Waals surface area contributed by atoms with Crippen LogP contribution in [0, 0.1) is 11.3 Å². The largest absolute Gasteiger partial charge is 0.325 e. The van der Waals surface area contributed by atoms with Crippen molar-refractivity contribution in [2.24, 2.45) is 0 Å². The van der Waals surface area contributed by atoms with E-state index >= 15 is 0 Å². The first-order chi connectivity index (χ1) is 12.2. The molecule has 4 nitrogen and oxygen atoms in total. The number of nitriles is 1. The van der Waals surface area contributed by atoms with E-state index in [2.05, 4.69) is 23.3 Å². The first-order valence-electron chi connectivity index (χ1n) is 8.60. The topological polar surface area (TPSA) is 65.8 Å². The van der Waals surface area contributed by atoms with Crippen molar-refractivity contribution < 1.29 is 4.79 Å². The van der Waals surface area contributed by atoms with Gasteiger partial charge >= 0.3 is 0 Å². The van der Waals surface area contributed by atoms with Crippen molar-refractivity contribution in [2.45, 2.75) is 49.8 Å². The maximum absolute atomic E-state index is 12.6. The molecule has 0 saturated carbocycles. The second-order valence-corrected chi connectivity index (χ2v) is 6.93. The second-order valence-electron chi connectivity index (χ2n) is 5.74. The monoisotopic (exact) mass is 353 g/mol. The smallest absolute Gasteiger partial charge is 0.237 e. The molecule has 1 heterocycles. The van der Waals surface area contributed by atoms with Crippen LogP contribution in [0.1, 0.15) is 44.4 Å². The van der Waals surface area contributed by atoms with E-state index in [1.807, 2.05) is 49.4 Å². The zero-order chi connectivity index (χ0) is 18.1. The molecule has 1 aromatic heterocycles. The molecule has 1 atom stereocenters. The maximum Gasteiger partial charge on any atom is 0.237 e. The highest BCUT2D eigenvalue weighted by Gasteiger charge is 2.20. The molecule has 0 bridgehead atoms. The number of unbranched alkanes of at least 4 members (excludes halogenated alkanes) is 1. The summed E-state index contributed by atoms with van der Waals surface area (Å²) in [5, 5.41) is 12.6. The molecular formula is C20H23N3OS. The Bertz CT molecular complexity index is 740. The number of nitrogens with one attached hydrogen (secondary N) is 1. The summed E-state index contributed by atoms with van der Waals surface area (Å²) in [6.07, 6.45) is 3.72. The lowest BCUT2D eigenvalue weighted by Crippen LogP contribution is -2.24. The van der Waals surface area contributed by atoms with Crippen LogP contribution in [-0.4, -0.2) is 16.1 Å². The molecule has 5 heteroatoms. The maximum atomic E-state index is 12.6. The molecule has 130 valence electrons. The lowest BCUT2D eigenvalue weighted by Gasteiger charge is -2.15. The fourth-order valence-electron chi connectivity index (χ4n) is 2.35. The number of pyridine rings is 1. The summed E-state index contributed by atoms with van der Waals surface area (Å²) in [6.45, 7) is 4.11. The van der Waals surface area contributed by atoms with Crippen LogP contribution in [0.4, 0.5) is 5.69 Å². The quantitative estimate of drug-likeness (QED) is 0.692. The van der Waals surface area contributed by atoms with Crippen molar-refractivity contribution in [1.29, 1.82) is 5.26 Å². The van der Waals surface area contributed by atoms with E-state index in [1.165, 1.54) is 11.8 Å². The molecule has 1 N–H and O–H groups in total. The normalized spacial score (nSPS) is 11.6. The first kappa shape index (κ1) is 19.0. The predicted octanol–water partition coefficient (Wildman–Crippen LogP) is 4.81. The minimum Gasteiger partial charge on any atom is -0.325 e. The number of aromatic nitrogens is 1. The third-order valence-corrected chi connectivity index (χ3v) is 5.15. The summed E-state index contributed by atoms with van der Waals surface area (Å²) in [5.74, 6) is -0.0663. The summed E-state index contributed by atoms with van der Waals surface area (Å²) in [7, 11) is 0. The average molecular weight is 353 g/mol. The second kappa shape index (κ2) is 9.85. The number of hydrogen-bond acceptors (Lipinski definition) is 4. The van der Waals surface area contributed by atoms with Gasteiger partial charge in [-0.15, -0.1) is 0 Å². The summed E-state index contributed by atoms with van der Waals surface area (Å²) in [4.78, 5) is 17.2. The van der Waals surface area contributed by atoms with Gasteiger partial charge in [0.1, 0.15) is 11.1 Å². The highest BCUT2D eigenvalue weighted by molar-refractivity contribution is 8.00. The van der Waals surface area contributed by atoms with Crippen LogP contribution < -0.4 is 5.32 Å². The van der Waals surface area contributed by atoms with Crippen molar-refractivity contribution in [2.75, 3.05) is 5.32 Å². The average Bonchev–Trinajstić information content (AvgIpc) is 2.65. The van der Waals surface area contributed by atoms with Crippen LogP contribution in [-0.2, 0) is 11.2 Å². The molecule has 2 rings (SSSR count). The summed E-state index contributed by atoms with van der Waals surface area (Å²) in [6, 6.07) is 15.3. The van der Waals surface area contributed by atoms with Gasteiger partial charge in [0.15, 0.2) is 0 Å². The molecule has 0 aliphatic heterocycles. The Hall–Kier alpha value is -2.32. The number of nitrogens with zero attached hydrogens (tertiary/aromatic N) is 2. The van der Waals surface area contributed by atoms with Gasteiger partial charge in [0.2, 0.25) is 5.91 Å². The van der Waals surface area contributed by atoms with E-state index in [9.17, 15) is 10.1 Å². The van der Waals surface area contributed by atoms with Gasteiger partial charge in [-0.1, -0.05) is 50.2 Å². The number of para-hydroxylation sites is 1. The van der Waals surface area contributed by atoms with Crippen LogP contribution in [0.15, 0.2) is 47.5 Å². The fraction of sp³-hybridized carbons (Fsp3) is 0.350. The van der Waals surface area contributed by atoms with Gasteiger partial charge < -0.3 is 5.32 Å². The standard InChI is InChI=1S/C20H23N3OS/c1-3-5-9-17-13-12-15(14-21)20(23-17)25-18(4-2)19(24)22-16-10-7-6-8-11-16/h6-8,10-13,18H,3-5,9H2,1-2H3,(H,22,24). The molecule has 0 fully saturated rings. The molecular weight excluding hydrogens is 330 g/mol. The Morgan fingerprint density at radius 2 is 2.00 bits per heavy atom. The van der Waals surface area contributed by atoms with E-state index in [0.717, 1.165) is 30.6 Å². The number of carbonyl (C=O) groups excluding carboxylic acids is 1. The first-order valence-corrected chi connectivity index (χ1v) is 9.48. The highest BCUT2D eigenvalue weighted by Crippen LogP contribution is 2.28. The number of aryl methyl sites for hydroxylation is 1. The zero-order valence-electron chi connectivity index (χ0n) is 14.7. The van der Waals surface area contributed by atoms with Gasteiger partial charge in [-0.05, 0) is 43.5 Å². The van der Waals surface area contributed by atoms with Crippen LogP contribution in [0.25, 0.3) is 0 Å². The molecule has 0 radical (unpaired) electrons. The summed E-state index contributed by atoms with van der Waals surface area (Å²) in [5.41, 5.74) is 2.27. The fourth-order valence-corrected chi connectivity index (χ4v) is 3.36.